The maximum Gasteiger partial charge on any atom is 0.243 e. The molecule has 10 heteroatoms. The predicted molar refractivity (Wildman–Crippen MR) is 93.8 cm³/mol. The topological polar surface area (TPSA) is 100 Å². The summed E-state index contributed by atoms with van der Waals surface area (Å²) in [5, 5.41) is 0. The second kappa shape index (κ2) is 7.20. The van der Waals surface area contributed by atoms with E-state index >= 15 is 0 Å². The van der Waals surface area contributed by atoms with Crippen molar-refractivity contribution in [1.82, 2.24) is 14.3 Å². The van der Waals surface area contributed by atoms with Gasteiger partial charge < -0.3 is 18.9 Å². The Bertz CT molecular complexity index is 936. The standard InChI is InChI=1S/C17H19N3O6S/c1-23-16-9-18-10-17(19-16)26-12-4-5-20(11-12)27(21,22)13-2-3-14-15(8-13)25-7-6-24-14/h2-3,8-10,12H,4-7,11H2,1H3/t12-/m0/s1. The van der Waals surface area contributed by atoms with Gasteiger partial charge in [-0.2, -0.15) is 9.29 Å². The van der Waals surface area contributed by atoms with Crippen molar-refractivity contribution in [1.29, 1.82) is 0 Å². The number of sulfonamides is 1. The minimum atomic E-state index is -3.65. The molecule has 27 heavy (non-hydrogen) atoms. The maximum absolute atomic E-state index is 12.9. The van der Waals surface area contributed by atoms with Crippen LogP contribution in [-0.2, 0) is 10.0 Å². The summed E-state index contributed by atoms with van der Waals surface area (Å²) < 4.78 is 49.0. The van der Waals surface area contributed by atoms with Gasteiger partial charge in [0.25, 0.3) is 0 Å². The number of rotatable bonds is 5. The molecule has 0 bridgehead atoms. The zero-order valence-corrected chi connectivity index (χ0v) is 15.5. The van der Waals surface area contributed by atoms with E-state index in [1.165, 1.54) is 35.9 Å². The summed E-state index contributed by atoms with van der Waals surface area (Å²) >= 11 is 0. The van der Waals surface area contributed by atoms with Crippen molar-refractivity contribution in [3.05, 3.63) is 30.6 Å². The molecule has 2 aliphatic rings. The number of hydrogen-bond acceptors (Lipinski definition) is 8. The number of aromatic nitrogens is 2. The molecule has 1 aromatic carbocycles. The van der Waals surface area contributed by atoms with E-state index in [1.54, 1.807) is 6.07 Å². The van der Waals surface area contributed by atoms with Crippen molar-refractivity contribution in [3.8, 4) is 23.3 Å². The molecule has 0 spiro atoms. The Labute approximate surface area is 156 Å². The zero-order chi connectivity index (χ0) is 18.9. The Hall–Kier alpha value is -2.59. The van der Waals surface area contributed by atoms with E-state index in [1.807, 2.05) is 0 Å². The van der Waals surface area contributed by atoms with Gasteiger partial charge in [0.1, 0.15) is 19.3 Å². The van der Waals surface area contributed by atoms with Gasteiger partial charge in [-0.05, 0) is 18.6 Å². The van der Waals surface area contributed by atoms with E-state index in [0.29, 0.717) is 49.4 Å². The fourth-order valence-corrected chi connectivity index (χ4v) is 4.50. The Morgan fingerprint density at radius 3 is 2.74 bits per heavy atom. The van der Waals surface area contributed by atoms with Gasteiger partial charge >= 0.3 is 0 Å². The highest BCUT2D eigenvalue weighted by molar-refractivity contribution is 7.89. The SMILES string of the molecule is COc1cncc(O[C@H]2CCN(S(=O)(=O)c3ccc4c(c3)OCCO4)C2)n1. The molecule has 2 aromatic rings. The van der Waals surface area contributed by atoms with Gasteiger partial charge in [0.2, 0.25) is 21.8 Å². The lowest BCUT2D eigenvalue weighted by molar-refractivity contribution is 0.171. The molecule has 144 valence electrons. The monoisotopic (exact) mass is 393 g/mol. The van der Waals surface area contributed by atoms with Crippen LogP contribution in [0.15, 0.2) is 35.5 Å². The minimum absolute atomic E-state index is 0.175. The second-order valence-electron chi connectivity index (χ2n) is 6.10. The summed E-state index contributed by atoms with van der Waals surface area (Å²) in [7, 11) is -2.16. The number of benzene rings is 1. The van der Waals surface area contributed by atoms with Crippen molar-refractivity contribution in [2.75, 3.05) is 33.4 Å². The molecule has 0 unspecified atom stereocenters. The van der Waals surface area contributed by atoms with E-state index in [4.69, 9.17) is 18.9 Å². The Morgan fingerprint density at radius 1 is 1.15 bits per heavy atom. The lowest BCUT2D eigenvalue weighted by Crippen LogP contribution is -2.31. The summed E-state index contributed by atoms with van der Waals surface area (Å²) in [5.41, 5.74) is 0. The maximum atomic E-state index is 12.9. The van der Waals surface area contributed by atoms with Crippen LogP contribution < -0.4 is 18.9 Å². The van der Waals surface area contributed by atoms with Crippen LogP contribution in [0.2, 0.25) is 0 Å². The Balaban J connectivity index is 1.47. The number of nitrogens with zero attached hydrogens (tertiary/aromatic N) is 3. The smallest absolute Gasteiger partial charge is 0.243 e. The summed E-state index contributed by atoms with van der Waals surface area (Å²) in [6.45, 7) is 1.45. The molecule has 0 saturated carbocycles. The molecule has 3 heterocycles. The van der Waals surface area contributed by atoms with Gasteiger partial charge in [-0.15, -0.1) is 0 Å². The highest BCUT2D eigenvalue weighted by Crippen LogP contribution is 2.34. The first-order chi connectivity index (χ1) is 13.1. The van der Waals surface area contributed by atoms with Crippen molar-refractivity contribution < 1.29 is 27.4 Å². The quantitative estimate of drug-likeness (QED) is 0.744. The van der Waals surface area contributed by atoms with Gasteiger partial charge in [-0.3, -0.25) is 4.98 Å². The third-order valence-corrected chi connectivity index (χ3v) is 6.21. The molecule has 0 N–H and O–H groups in total. The van der Waals surface area contributed by atoms with Gasteiger partial charge in [-0.25, -0.2) is 8.42 Å². The minimum Gasteiger partial charge on any atom is -0.486 e. The van der Waals surface area contributed by atoms with Crippen LogP contribution in [0.5, 0.6) is 23.3 Å². The predicted octanol–water partition coefficient (Wildman–Crippen LogP) is 1.10. The molecule has 2 aliphatic heterocycles. The van der Waals surface area contributed by atoms with E-state index < -0.39 is 10.0 Å². The van der Waals surface area contributed by atoms with Crippen molar-refractivity contribution in [3.63, 3.8) is 0 Å². The average Bonchev–Trinajstić information content (AvgIpc) is 3.17. The fraction of sp³-hybridized carbons (Fsp3) is 0.412. The Morgan fingerprint density at radius 2 is 1.93 bits per heavy atom. The largest absolute Gasteiger partial charge is 0.486 e. The molecule has 4 rings (SSSR count). The van der Waals surface area contributed by atoms with Crippen LogP contribution >= 0.6 is 0 Å². The molecular formula is C17H19N3O6S. The summed E-state index contributed by atoms with van der Waals surface area (Å²) in [6.07, 6.45) is 3.20. The number of ether oxygens (including phenoxy) is 4. The van der Waals surface area contributed by atoms with Crippen LogP contribution in [-0.4, -0.2) is 62.2 Å². The lowest BCUT2D eigenvalue weighted by Gasteiger charge is -2.21. The van der Waals surface area contributed by atoms with Crippen molar-refractivity contribution in [2.45, 2.75) is 17.4 Å². The first-order valence-corrected chi connectivity index (χ1v) is 9.93. The van der Waals surface area contributed by atoms with Crippen LogP contribution in [0.25, 0.3) is 0 Å². The fourth-order valence-electron chi connectivity index (χ4n) is 3.00. The normalized spacial score (nSPS) is 19.7. The molecule has 1 fully saturated rings. The van der Waals surface area contributed by atoms with Gasteiger partial charge in [0, 0.05) is 12.6 Å². The zero-order valence-electron chi connectivity index (χ0n) is 14.7. The third-order valence-electron chi connectivity index (χ3n) is 4.35. The second-order valence-corrected chi connectivity index (χ2v) is 8.03. The van der Waals surface area contributed by atoms with Gasteiger partial charge in [0.05, 0.1) is 30.9 Å². The van der Waals surface area contributed by atoms with Crippen LogP contribution in [0, 0.1) is 0 Å². The van der Waals surface area contributed by atoms with Crippen LogP contribution in [0.3, 0.4) is 0 Å². The van der Waals surface area contributed by atoms with E-state index in [0.717, 1.165) is 0 Å². The summed E-state index contributed by atoms with van der Waals surface area (Å²) in [6, 6.07) is 4.66. The van der Waals surface area contributed by atoms with Gasteiger partial charge in [0.15, 0.2) is 11.5 Å². The molecule has 9 nitrogen and oxygen atoms in total. The van der Waals surface area contributed by atoms with Gasteiger partial charge in [-0.1, -0.05) is 0 Å². The Kier molecular flexibility index (Phi) is 4.75. The highest BCUT2D eigenvalue weighted by Gasteiger charge is 2.34. The van der Waals surface area contributed by atoms with Crippen molar-refractivity contribution >= 4 is 10.0 Å². The van der Waals surface area contributed by atoms with E-state index in [9.17, 15) is 8.42 Å². The molecule has 1 atom stereocenters. The molecular weight excluding hydrogens is 374 g/mol. The highest BCUT2D eigenvalue weighted by atomic mass is 32.2. The number of methoxy groups -OCH3 is 1. The molecule has 1 saturated heterocycles. The lowest BCUT2D eigenvalue weighted by atomic mass is 10.3. The molecule has 1 aromatic heterocycles. The molecule has 0 aliphatic carbocycles. The average molecular weight is 393 g/mol. The van der Waals surface area contributed by atoms with Crippen molar-refractivity contribution in [2.24, 2.45) is 0 Å². The summed E-state index contributed by atoms with van der Waals surface area (Å²) in [4.78, 5) is 8.30. The number of fused-ring (bicyclic) bond motifs is 1. The van der Waals surface area contributed by atoms with E-state index in [-0.39, 0.29) is 17.5 Å². The molecule has 0 radical (unpaired) electrons. The third kappa shape index (κ3) is 3.62. The van der Waals surface area contributed by atoms with E-state index in [2.05, 4.69) is 9.97 Å². The first-order valence-electron chi connectivity index (χ1n) is 8.49. The molecule has 0 amide bonds. The van der Waals surface area contributed by atoms with Crippen LogP contribution in [0.1, 0.15) is 6.42 Å². The first kappa shape index (κ1) is 17.8. The number of hydrogen-bond donors (Lipinski definition) is 0. The van der Waals surface area contributed by atoms with Crippen LogP contribution in [0.4, 0.5) is 0 Å². The summed E-state index contributed by atoms with van der Waals surface area (Å²) in [5.74, 6) is 1.64.